The number of esters is 1. The molecule has 54 valence electrons. The first-order valence-corrected chi connectivity index (χ1v) is 3.37. The van der Waals surface area contributed by atoms with Crippen molar-refractivity contribution in [2.24, 2.45) is 5.92 Å². The van der Waals surface area contributed by atoms with Crippen LogP contribution in [0.2, 0.25) is 0 Å². The predicted molar refractivity (Wildman–Crippen MR) is 36.5 cm³/mol. The van der Waals surface area contributed by atoms with Crippen molar-refractivity contribution in [3.63, 3.8) is 0 Å². The Hall–Kier alpha value is -0.240. The van der Waals surface area contributed by atoms with Crippen molar-refractivity contribution in [2.75, 3.05) is 13.0 Å². The second kappa shape index (κ2) is 4.62. The summed E-state index contributed by atoms with van der Waals surface area (Å²) in [7, 11) is 1.38. The van der Waals surface area contributed by atoms with Gasteiger partial charge in [0.1, 0.15) is 0 Å². The van der Waals surface area contributed by atoms with Crippen molar-refractivity contribution < 1.29 is 9.53 Å². The molecule has 0 aliphatic carbocycles. The van der Waals surface area contributed by atoms with E-state index in [1.807, 2.05) is 6.92 Å². The highest BCUT2D eigenvalue weighted by molar-refractivity contribution is 6.18. The molecule has 0 saturated heterocycles. The topological polar surface area (TPSA) is 26.3 Å². The highest BCUT2D eigenvalue weighted by Gasteiger charge is 2.06. The van der Waals surface area contributed by atoms with Gasteiger partial charge in [0.05, 0.1) is 7.11 Å². The Morgan fingerprint density at radius 2 is 2.33 bits per heavy atom. The first kappa shape index (κ1) is 8.76. The monoisotopic (exact) mass is 150 g/mol. The Bertz CT molecular complexity index is 93.1. The van der Waals surface area contributed by atoms with Gasteiger partial charge in [-0.3, -0.25) is 4.79 Å². The van der Waals surface area contributed by atoms with Gasteiger partial charge < -0.3 is 4.74 Å². The van der Waals surface area contributed by atoms with Crippen molar-refractivity contribution in [1.29, 1.82) is 0 Å². The zero-order chi connectivity index (χ0) is 7.28. The summed E-state index contributed by atoms with van der Waals surface area (Å²) in [5.41, 5.74) is 0. The van der Waals surface area contributed by atoms with E-state index in [1.54, 1.807) is 0 Å². The molecule has 0 amide bonds. The van der Waals surface area contributed by atoms with Gasteiger partial charge in [0, 0.05) is 12.3 Å². The van der Waals surface area contributed by atoms with E-state index >= 15 is 0 Å². The first-order chi connectivity index (χ1) is 4.20. The highest BCUT2D eigenvalue weighted by atomic mass is 35.5. The summed E-state index contributed by atoms with van der Waals surface area (Å²) in [6, 6.07) is 0. The molecule has 0 aromatic carbocycles. The van der Waals surface area contributed by atoms with E-state index in [-0.39, 0.29) is 11.9 Å². The van der Waals surface area contributed by atoms with Crippen molar-refractivity contribution in [3.05, 3.63) is 0 Å². The van der Waals surface area contributed by atoms with Crippen LogP contribution < -0.4 is 0 Å². The molecule has 0 aromatic rings. The van der Waals surface area contributed by atoms with Gasteiger partial charge in [-0.05, 0) is 5.92 Å². The van der Waals surface area contributed by atoms with Crippen molar-refractivity contribution >= 4 is 17.6 Å². The summed E-state index contributed by atoms with van der Waals surface area (Å²) in [6.07, 6.45) is 0.417. The number of carbonyl (C=O) groups is 1. The fraction of sp³-hybridized carbons (Fsp3) is 0.833. The fourth-order valence-corrected chi connectivity index (χ4v) is 0.532. The van der Waals surface area contributed by atoms with Gasteiger partial charge in [-0.1, -0.05) is 6.92 Å². The molecule has 0 N–H and O–H groups in total. The molecule has 1 unspecified atom stereocenters. The molecule has 0 bridgehead atoms. The molecule has 9 heavy (non-hydrogen) atoms. The van der Waals surface area contributed by atoms with E-state index in [0.717, 1.165) is 0 Å². The quantitative estimate of drug-likeness (QED) is 0.450. The summed E-state index contributed by atoms with van der Waals surface area (Å²) in [4.78, 5) is 10.5. The van der Waals surface area contributed by atoms with Crippen molar-refractivity contribution in [3.8, 4) is 0 Å². The van der Waals surface area contributed by atoms with Crippen LogP contribution >= 0.6 is 11.6 Å². The lowest BCUT2D eigenvalue weighted by atomic mass is 10.1. The molecule has 0 rings (SSSR count). The molecular formula is C6H11ClO2. The van der Waals surface area contributed by atoms with E-state index in [1.165, 1.54) is 7.11 Å². The van der Waals surface area contributed by atoms with Gasteiger partial charge in [0.2, 0.25) is 0 Å². The van der Waals surface area contributed by atoms with Crippen LogP contribution in [0.5, 0.6) is 0 Å². The third-order valence-electron chi connectivity index (χ3n) is 1.01. The van der Waals surface area contributed by atoms with Gasteiger partial charge in [0.25, 0.3) is 0 Å². The molecule has 0 spiro atoms. The molecule has 2 nitrogen and oxygen atoms in total. The Morgan fingerprint density at radius 3 is 2.67 bits per heavy atom. The lowest BCUT2D eigenvalue weighted by Gasteiger charge is -2.03. The summed E-state index contributed by atoms with van der Waals surface area (Å²) < 4.78 is 4.43. The number of halogens is 1. The summed E-state index contributed by atoms with van der Waals surface area (Å²) >= 11 is 5.45. The lowest BCUT2D eigenvalue weighted by Crippen LogP contribution is -2.07. The molecule has 1 atom stereocenters. The van der Waals surface area contributed by atoms with E-state index < -0.39 is 0 Å². The van der Waals surface area contributed by atoms with Crippen LogP contribution in [-0.2, 0) is 9.53 Å². The van der Waals surface area contributed by atoms with Crippen LogP contribution in [0.25, 0.3) is 0 Å². The van der Waals surface area contributed by atoms with Crippen LogP contribution in [0.3, 0.4) is 0 Å². The minimum absolute atomic E-state index is 0.192. The number of hydrogen-bond donors (Lipinski definition) is 0. The van der Waals surface area contributed by atoms with Crippen LogP contribution in [0, 0.1) is 5.92 Å². The Balaban J connectivity index is 3.34. The Labute approximate surface area is 60.1 Å². The van der Waals surface area contributed by atoms with Crippen molar-refractivity contribution in [1.82, 2.24) is 0 Å². The second-order valence-corrected chi connectivity index (χ2v) is 2.35. The van der Waals surface area contributed by atoms with Gasteiger partial charge >= 0.3 is 5.97 Å². The summed E-state index contributed by atoms with van der Waals surface area (Å²) in [6.45, 7) is 1.91. The SMILES string of the molecule is COC(=O)CC(C)CCl. The Morgan fingerprint density at radius 1 is 1.78 bits per heavy atom. The number of alkyl halides is 1. The maximum atomic E-state index is 10.5. The van der Waals surface area contributed by atoms with Crippen LogP contribution in [0.4, 0.5) is 0 Å². The molecule has 3 heteroatoms. The average Bonchev–Trinajstić information content (AvgIpc) is 1.87. The molecule has 0 saturated carbocycles. The number of rotatable bonds is 3. The second-order valence-electron chi connectivity index (χ2n) is 2.04. The van der Waals surface area contributed by atoms with E-state index in [0.29, 0.717) is 12.3 Å². The summed E-state index contributed by atoms with van der Waals surface area (Å²) in [5.74, 6) is 0.539. The molecule has 0 aromatic heterocycles. The normalized spacial score (nSPS) is 12.8. The lowest BCUT2D eigenvalue weighted by molar-refractivity contribution is -0.141. The van der Waals surface area contributed by atoms with E-state index in [4.69, 9.17) is 11.6 Å². The van der Waals surface area contributed by atoms with Gasteiger partial charge in [-0.2, -0.15) is 0 Å². The van der Waals surface area contributed by atoms with E-state index in [2.05, 4.69) is 4.74 Å². The zero-order valence-electron chi connectivity index (χ0n) is 5.69. The number of methoxy groups -OCH3 is 1. The third-order valence-corrected chi connectivity index (χ3v) is 1.53. The highest BCUT2D eigenvalue weighted by Crippen LogP contribution is 2.03. The molecule has 0 fully saturated rings. The Kier molecular flexibility index (Phi) is 4.50. The van der Waals surface area contributed by atoms with Gasteiger partial charge in [-0.15, -0.1) is 11.6 Å². The van der Waals surface area contributed by atoms with Gasteiger partial charge in [0.15, 0.2) is 0 Å². The molecule has 0 radical (unpaired) electrons. The van der Waals surface area contributed by atoms with Gasteiger partial charge in [-0.25, -0.2) is 0 Å². The molecular weight excluding hydrogens is 140 g/mol. The third kappa shape index (κ3) is 4.28. The summed E-state index contributed by atoms with van der Waals surface area (Å²) in [5, 5.41) is 0. The molecule has 0 heterocycles. The standard InChI is InChI=1S/C6H11ClO2/c1-5(4-7)3-6(8)9-2/h5H,3-4H2,1-2H3. The number of carbonyl (C=O) groups excluding carboxylic acids is 1. The minimum atomic E-state index is -0.192. The maximum absolute atomic E-state index is 10.5. The smallest absolute Gasteiger partial charge is 0.305 e. The predicted octanol–water partition coefficient (Wildman–Crippen LogP) is 1.42. The number of hydrogen-bond acceptors (Lipinski definition) is 2. The van der Waals surface area contributed by atoms with Crippen molar-refractivity contribution in [2.45, 2.75) is 13.3 Å². The van der Waals surface area contributed by atoms with Crippen LogP contribution in [0.1, 0.15) is 13.3 Å². The molecule has 0 aliphatic rings. The minimum Gasteiger partial charge on any atom is -0.469 e. The molecule has 0 aliphatic heterocycles. The fourth-order valence-electron chi connectivity index (χ4n) is 0.422. The first-order valence-electron chi connectivity index (χ1n) is 2.83. The van der Waals surface area contributed by atoms with E-state index in [9.17, 15) is 4.79 Å². The largest absolute Gasteiger partial charge is 0.469 e. The van der Waals surface area contributed by atoms with Crippen LogP contribution in [-0.4, -0.2) is 19.0 Å². The number of ether oxygens (including phenoxy) is 1. The zero-order valence-corrected chi connectivity index (χ0v) is 6.44. The average molecular weight is 151 g/mol. The maximum Gasteiger partial charge on any atom is 0.305 e. The van der Waals surface area contributed by atoms with Crippen LogP contribution in [0.15, 0.2) is 0 Å².